The van der Waals surface area contributed by atoms with E-state index >= 15 is 0 Å². The highest BCUT2D eigenvalue weighted by atomic mass is 35.5. The van der Waals surface area contributed by atoms with Crippen LogP contribution in [0.3, 0.4) is 0 Å². The number of rotatable bonds is 6. The summed E-state index contributed by atoms with van der Waals surface area (Å²) in [6, 6.07) is 13.0. The highest BCUT2D eigenvalue weighted by Crippen LogP contribution is 2.50. The van der Waals surface area contributed by atoms with Crippen LogP contribution in [0, 0.1) is 11.6 Å². The molecule has 5 heterocycles. The lowest BCUT2D eigenvalue weighted by Crippen LogP contribution is -2.52. The summed E-state index contributed by atoms with van der Waals surface area (Å²) >= 11 is 6.70. The van der Waals surface area contributed by atoms with E-state index in [4.69, 9.17) is 16.1 Å². The van der Waals surface area contributed by atoms with Crippen LogP contribution in [0.15, 0.2) is 64.0 Å². The number of benzene rings is 2. The smallest absolute Gasteiger partial charge is 0.273 e. The van der Waals surface area contributed by atoms with Crippen molar-refractivity contribution in [3.63, 3.8) is 0 Å². The van der Waals surface area contributed by atoms with Gasteiger partial charge < -0.3 is 19.5 Å². The minimum atomic E-state index is -4.19. The van der Waals surface area contributed by atoms with Crippen LogP contribution in [0.1, 0.15) is 54.0 Å². The lowest BCUT2D eigenvalue weighted by atomic mass is 9.84. The Hall–Kier alpha value is -3.58. The van der Waals surface area contributed by atoms with Gasteiger partial charge in [-0.25, -0.2) is 17.2 Å². The van der Waals surface area contributed by atoms with Crippen LogP contribution < -0.4 is 5.32 Å². The summed E-state index contributed by atoms with van der Waals surface area (Å²) in [6.45, 7) is 0.383. The monoisotopic (exact) mass is 628 g/mol. The van der Waals surface area contributed by atoms with Gasteiger partial charge in [0.05, 0.1) is 5.02 Å². The molecule has 0 spiro atoms. The van der Waals surface area contributed by atoms with Crippen LogP contribution in [-0.4, -0.2) is 45.5 Å². The molecule has 2 saturated heterocycles. The Kier molecular flexibility index (Phi) is 6.73. The second-order valence-corrected chi connectivity index (χ2v) is 13.5. The molecule has 2 aromatic carbocycles. The molecule has 224 valence electrons. The summed E-state index contributed by atoms with van der Waals surface area (Å²) in [5.74, 6) is -2.40. The summed E-state index contributed by atoms with van der Waals surface area (Å²) in [5.41, 5.74) is 0.193. The zero-order valence-electron chi connectivity index (χ0n) is 22.8. The van der Waals surface area contributed by atoms with Gasteiger partial charge in [0.1, 0.15) is 21.9 Å². The van der Waals surface area contributed by atoms with Gasteiger partial charge in [0.2, 0.25) is 10.0 Å². The average Bonchev–Trinajstić information content (AvgIpc) is 3.75. The maximum absolute atomic E-state index is 14.3. The first-order chi connectivity index (χ1) is 20.6. The second kappa shape index (κ2) is 10.3. The van der Waals surface area contributed by atoms with Crippen molar-refractivity contribution in [1.82, 2.24) is 14.0 Å². The number of hydrogen-bond acceptors (Lipinski definition) is 6. The quantitative estimate of drug-likeness (QED) is 0.292. The first-order valence-corrected chi connectivity index (χ1v) is 15.8. The van der Waals surface area contributed by atoms with Crippen LogP contribution in [-0.2, 0) is 28.6 Å². The van der Waals surface area contributed by atoms with E-state index in [-0.39, 0.29) is 34.1 Å². The number of hydrogen-bond donors (Lipinski definition) is 2. The van der Waals surface area contributed by atoms with E-state index < -0.39 is 45.2 Å². The second-order valence-electron chi connectivity index (χ2n) is 11.4. The third kappa shape index (κ3) is 4.59. The number of carbonyl (C=O) groups is 1. The molecule has 2 bridgehead atoms. The first-order valence-electron chi connectivity index (χ1n) is 14.0. The molecule has 2 fully saturated rings. The molecule has 3 aliphatic heterocycles. The van der Waals surface area contributed by atoms with Crippen molar-refractivity contribution in [3.8, 4) is 11.3 Å². The summed E-state index contributed by atoms with van der Waals surface area (Å²) < 4.78 is 64.4. The van der Waals surface area contributed by atoms with Gasteiger partial charge in [0.15, 0.2) is 17.4 Å². The van der Waals surface area contributed by atoms with Crippen LogP contribution in [0.25, 0.3) is 11.3 Å². The topological polar surface area (TPSA) is 118 Å². The van der Waals surface area contributed by atoms with Gasteiger partial charge in [0.25, 0.3) is 5.91 Å². The molecule has 13 heteroatoms. The van der Waals surface area contributed by atoms with Gasteiger partial charge in [-0.2, -0.15) is 4.31 Å². The molecule has 43 heavy (non-hydrogen) atoms. The summed E-state index contributed by atoms with van der Waals surface area (Å²) in [6.07, 6.45) is 2.37. The summed E-state index contributed by atoms with van der Waals surface area (Å²) in [4.78, 5) is 13.2. The number of nitrogens with zero attached hydrogens (tertiary/aromatic N) is 3. The predicted octanol–water partition coefficient (Wildman–Crippen LogP) is 5.48. The number of anilines is 1. The zero-order valence-corrected chi connectivity index (χ0v) is 24.3. The maximum atomic E-state index is 14.3. The third-order valence-corrected chi connectivity index (χ3v) is 11.3. The maximum Gasteiger partial charge on any atom is 0.273 e. The number of sulfonamides is 1. The first kappa shape index (κ1) is 28.2. The molecule has 0 saturated carbocycles. The van der Waals surface area contributed by atoms with E-state index in [0.717, 1.165) is 17.7 Å². The van der Waals surface area contributed by atoms with Crippen LogP contribution in [0.4, 0.5) is 14.5 Å². The molecule has 7 rings (SSSR count). The number of aliphatic hydroxyl groups is 1. The zero-order chi connectivity index (χ0) is 30.1. The highest BCUT2D eigenvalue weighted by Gasteiger charge is 2.55. The SMILES string of the molecule is O=C(Nc1ccc(F)c(F)c1)c1c(Cl)c(S(=O)(=O)N2C3CCC2CC(O)(c2cc(-c4ccccc4)on2)C3)c2n1CCC2. The Bertz CT molecular complexity index is 1850. The van der Waals surface area contributed by atoms with Gasteiger partial charge in [0, 0.05) is 47.7 Å². The minimum absolute atomic E-state index is 0.00885. The molecular formula is C30H27ClF2N4O5S. The molecule has 1 amide bonds. The average molecular weight is 629 g/mol. The molecule has 2 unspecified atom stereocenters. The van der Waals surface area contributed by atoms with Crippen molar-refractivity contribution >= 4 is 33.2 Å². The molecule has 2 N–H and O–H groups in total. The number of piperidine rings is 1. The molecule has 9 nitrogen and oxygen atoms in total. The summed E-state index contributed by atoms with van der Waals surface area (Å²) in [7, 11) is -4.19. The Morgan fingerprint density at radius 1 is 1.07 bits per heavy atom. The molecule has 0 radical (unpaired) electrons. The number of amides is 1. The van der Waals surface area contributed by atoms with Gasteiger partial charge in [-0.3, -0.25) is 4.79 Å². The number of halogens is 3. The number of carbonyl (C=O) groups excluding carboxylic acids is 1. The molecule has 2 aromatic heterocycles. The van der Waals surface area contributed by atoms with Gasteiger partial charge >= 0.3 is 0 Å². The van der Waals surface area contributed by atoms with Gasteiger partial charge in [-0.05, 0) is 50.7 Å². The fourth-order valence-electron chi connectivity index (χ4n) is 6.88. The fraction of sp³-hybridized carbons (Fsp3) is 0.333. The molecule has 2 atom stereocenters. The standard InChI is InChI=1S/C30H27ClF2N4O5S/c31-26-27(29(38)34-18-8-11-21(32)22(33)13-18)36-12-4-7-23(36)28(26)43(40,41)37-19-9-10-20(37)16-30(39,15-19)25-14-24(42-35-25)17-5-2-1-3-6-17/h1-3,5-6,8,11,13-14,19-20,39H,4,7,9-10,12,15-16H2,(H,34,38). The number of nitrogens with one attached hydrogen (secondary N) is 1. The lowest BCUT2D eigenvalue weighted by Gasteiger charge is -2.41. The van der Waals surface area contributed by atoms with E-state index in [9.17, 15) is 27.1 Å². The van der Waals surface area contributed by atoms with Crippen molar-refractivity contribution in [2.45, 2.75) is 67.6 Å². The Morgan fingerprint density at radius 3 is 2.49 bits per heavy atom. The highest BCUT2D eigenvalue weighted by molar-refractivity contribution is 7.89. The van der Waals surface area contributed by atoms with Crippen LogP contribution in [0.5, 0.6) is 0 Å². The van der Waals surface area contributed by atoms with Crippen molar-refractivity contribution in [1.29, 1.82) is 0 Å². The molecule has 3 aliphatic rings. The lowest BCUT2D eigenvalue weighted by molar-refractivity contribution is -0.0393. The largest absolute Gasteiger partial charge is 0.383 e. The molecule has 0 aliphatic carbocycles. The number of aromatic nitrogens is 2. The van der Waals surface area contributed by atoms with E-state index in [0.29, 0.717) is 49.4 Å². The van der Waals surface area contributed by atoms with Crippen molar-refractivity contribution in [3.05, 3.63) is 88.3 Å². The Morgan fingerprint density at radius 2 is 1.79 bits per heavy atom. The Balaban J connectivity index is 1.19. The molecule has 4 aromatic rings. The van der Waals surface area contributed by atoms with E-state index in [1.54, 1.807) is 10.6 Å². The molecular weight excluding hydrogens is 602 g/mol. The minimum Gasteiger partial charge on any atom is -0.383 e. The Labute approximate surface area is 251 Å². The van der Waals surface area contributed by atoms with Crippen molar-refractivity contribution in [2.75, 3.05) is 5.32 Å². The predicted molar refractivity (Wildman–Crippen MR) is 153 cm³/mol. The van der Waals surface area contributed by atoms with E-state index in [2.05, 4.69) is 10.5 Å². The fourth-order valence-corrected chi connectivity index (χ4v) is 9.66. The van der Waals surface area contributed by atoms with Crippen LogP contribution in [0.2, 0.25) is 5.02 Å². The third-order valence-electron chi connectivity index (χ3n) is 8.73. The van der Waals surface area contributed by atoms with Crippen molar-refractivity contribution < 1.29 is 31.6 Å². The normalized spacial score (nSPS) is 23.4. The number of fused-ring (bicyclic) bond motifs is 3. The van der Waals surface area contributed by atoms with Gasteiger partial charge in [-0.15, -0.1) is 0 Å². The van der Waals surface area contributed by atoms with Crippen LogP contribution >= 0.6 is 11.6 Å². The van der Waals surface area contributed by atoms with E-state index in [1.807, 2.05) is 30.3 Å². The summed E-state index contributed by atoms with van der Waals surface area (Å²) in [5, 5.41) is 18.2. The van der Waals surface area contributed by atoms with E-state index in [1.165, 1.54) is 10.4 Å². The van der Waals surface area contributed by atoms with Gasteiger partial charge in [-0.1, -0.05) is 47.1 Å². The van der Waals surface area contributed by atoms with Crippen molar-refractivity contribution in [2.24, 2.45) is 0 Å².